The number of nitrogens with zero attached hydrogens (tertiary/aromatic N) is 1. The summed E-state index contributed by atoms with van der Waals surface area (Å²) in [6, 6.07) is 5.98. The van der Waals surface area contributed by atoms with Crippen LogP contribution in [0.5, 0.6) is 0 Å². The third-order valence-corrected chi connectivity index (χ3v) is 3.88. The molecule has 20 heavy (non-hydrogen) atoms. The molecule has 2 saturated heterocycles. The molecule has 2 aliphatic rings. The Balaban J connectivity index is 1.58. The number of rotatable bonds is 2. The Labute approximate surface area is 116 Å². The highest BCUT2D eigenvalue weighted by Gasteiger charge is 2.43. The minimum Gasteiger partial charge on any atom is -0.351 e. The summed E-state index contributed by atoms with van der Waals surface area (Å²) < 4.78 is 13.0. The van der Waals surface area contributed by atoms with Gasteiger partial charge in [-0.3, -0.25) is 4.79 Å². The number of amides is 3. The molecule has 5 nitrogen and oxygen atoms in total. The van der Waals surface area contributed by atoms with Gasteiger partial charge in [0.15, 0.2) is 0 Å². The van der Waals surface area contributed by atoms with Gasteiger partial charge in [-0.05, 0) is 24.1 Å². The number of nitrogens with one attached hydrogen (secondary N) is 2. The van der Waals surface area contributed by atoms with Gasteiger partial charge in [0.05, 0.1) is 12.1 Å². The molecule has 2 atom stereocenters. The SMILES string of the molecule is O=C1C[C@@H]2[C@@H](CCN2C(=O)NCc2cccc(F)c2)N1. The molecule has 6 heteroatoms. The van der Waals surface area contributed by atoms with E-state index in [-0.39, 0.29) is 36.4 Å². The molecular weight excluding hydrogens is 261 g/mol. The zero-order chi connectivity index (χ0) is 14.1. The number of urea groups is 1. The first kappa shape index (κ1) is 12.9. The molecule has 0 unspecified atom stereocenters. The highest BCUT2D eigenvalue weighted by Crippen LogP contribution is 2.25. The van der Waals surface area contributed by atoms with E-state index in [1.807, 2.05) is 0 Å². The number of carbonyl (C=O) groups excluding carboxylic acids is 2. The van der Waals surface area contributed by atoms with Crippen LogP contribution in [0.25, 0.3) is 0 Å². The number of fused-ring (bicyclic) bond motifs is 1. The fourth-order valence-corrected chi connectivity index (χ4v) is 2.91. The Morgan fingerprint density at radius 2 is 2.35 bits per heavy atom. The molecular formula is C14H16FN3O2. The summed E-state index contributed by atoms with van der Waals surface area (Å²) in [7, 11) is 0. The predicted octanol–water partition coefficient (Wildman–Crippen LogP) is 0.998. The number of hydrogen-bond acceptors (Lipinski definition) is 2. The van der Waals surface area contributed by atoms with E-state index in [0.717, 1.165) is 12.0 Å². The van der Waals surface area contributed by atoms with E-state index in [2.05, 4.69) is 10.6 Å². The van der Waals surface area contributed by atoms with Crippen molar-refractivity contribution in [1.29, 1.82) is 0 Å². The van der Waals surface area contributed by atoms with Crippen molar-refractivity contribution in [2.24, 2.45) is 0 Å². The number of carbonyl (C=O) groups is 2. The average Bonchev–Trinajstić information content (AvgIpc) is 2.95. The summed E-state index contributed by atoms with van der Waals surface area (Å²) in [5.41, 5.74) is 0.717. The van der Waals surface area contributed by atoms with Crippen molar-refractivity contribution < 1.29 is 14.0 Å². The third kappa shape index (κ3) is 2.45. The van der Waals surface area contributed by atoms with E-state index in [0.29, 0.717) is 13.0 Å². The second-order valence-corrected chi connectivity index (χ2v) is 5.22. The van der Waals surface area contributed by atoms with Gasteiger partial charge in [0.25, 0.3) is 0 Å². The fraction of sp³-hybridized carbons (Fsp3) is 0.429. The van der Waals surface area contributed by atoms with E-state index in [9.17, 15) is 14.0 Å². The minimum atomic E-state index is -0.316. The topological polar surface area (TPSA) is 61.4 Å². The van der Waals surface area contributed by atoms with E-state index in [1.54, 1.807) is 17.0 Å². The van der Waals surface area contributed by atoms with Gasteiger partial charge in [-0.1, -0.05) is 12.1 Å². The molecule has 0 aromatic heterocycles. The van der Waals surface area contributed by atoms with Crippen LogP contribution in [-0.2, 0) is 11.3 Å². The molecule has 0 radical (unpaired) electrons. The summed E-state index contributed by atoms with van der Waals surface area (Å²) in [5, 5.41) is 5.65. The zero-order valence-corrected chi connectivity index (χ0v) is 10.9. The number of halogens is 1. The predicted molar refractivity (Wildman–Crippen MR) is 70.3 cm³/mol. The molecule has 3 amide bonds. The van der Waals surface area contributed by atoms with Crippen LogP contribution in [0.1, 0.15) is 18.4 Å². The molecule has 106 valence electrons. The minimum absolute atomic E-state index is 0.00244. The number of hydrogen-bond donors (Lipinski definition) is 2. The van der Waals surface area contributed by atoms with Crippen molar-refractivity contribution in [3.8, 4) is 0 Å². The molecule has 1 aromatic carbocycles. The normalized spacial score (nSPS) is 24.4. The standard InChI is InChI=1S/C14H16FN3O2/c15-10-3-1-2-9(6-10)8-16-14(20)18-5-4-11-12(18)7-13(19)17-11/h1-3,6,11-12H,4-5,7-8H2,(H,16,20)(H,17,19)/t11-,12-/m1/s1. The maximum absolute atomic E-state index is 13.0. The molecule has 2 heterocycles. The van der Waals surface area contributed by atoms with Gasteiger partial charge in [0, 0.05) is 19.5 Å². The first-order valence-electron chi connectivity index (χ1n) is 6.72. The van der Waals surface area contributed by atoms with Gasteiger partial charge in [0.2, 0.25) is 5.91 Å². The van der Waals surface area contributed by atoms with Gasteiger partial charge in [-0.2, -0.15) is 0 Å². The second kappa shape index (κ2) is 5.11. The molecule has 2 aliphatic heterocycles. The van der Waals surface area contributed by atoms with Crippen LogP contribution in [0.2, 0.25) is 0 Å². The maximum atomic E-state index is 13.0. The van der Waals surface area contributed by atoms with Crippen molar-refractivity contribution in [1.82, 2.24) is 15.5 Å². The van der Waals surface area contributed by atoms with Gasteiger partial charge in [-0.15, -0.1) is 0 Å². The van der Waals surface area contributed by atoms with Crippen LogP contribution in [0.3, 0.4) is 0 Å². The second-order valence-electron chi connectivity index (χ2n) is 5.22. The van der Waals surface area contributed by atoms with Gasteiger partial charge in [0.1, 0.15) is 5.82 Å². The quantitative estimate of drug-likeness (QED) is 0.847. The maximum Gasteiger partial charge on any atom is 0.318 e. The largest absolute Gasteiger partial charge is 0.351 e. The van der Waals surface area contributed by atoms with Crippen molar-refractivity contribution in [3.63, 3.8) is 0 Å². The molecule has 0 saturated carbocycles. The van der Waals surface area contributed by atoms with Crippen molar-refractivity contribution in [2.75, 3.05) is 6.54 Å². The van der Waals surface area contributed by atoms with Crippen LogP contribution < -0.4 is 10.6 Å². The average molecular weight is 277 g/mol. The summed E-state index contributed by atoms with van der Waals surface area (Å²) in [6.45, 7) is 0.927. The molecule has 0 spiro atoms. The number of benzene rings is 1. The Bertz CT molecular complexity index is 549. The van der Waals surface area contributed by atoms with E-state index in [4.69, 9.17) is 0 Å². The lowest BCUT2D eigenvalue weighted by atomic mass is 10.1. The molecule has 1 aromatic rings. The highest BCUT2D eigenvalue weighted by molar-refractivity contribution is 5.82. The van der Waals surface area contributed by atoms with Gasteiger partial charge < -0.3 is 15.5 Å². The van der Waals surface area contributed by atoms with Crippen molar-refractivity contribution in [3.05, 3.63) is 35.6 Å². The number of likely N-dealkylation sites (tertiary alicyclic amines) is 1. The Morgan fingerprint density at radius 3 is 3.15 bits per heavy atom. The van der Waals surface area contributed by atoms with Gasteiger partial charge in [-0.25, -0.2) is 9.18 Å². The van der Waals surface area contributed by atoms with E-state index in [1.165, 1.54) is 12.1 Å². The van der Waals surface area contributed by atoms with Crippen LogP contribution in [0, 0.1) is 5.82 Å². The summed E-state index contributed by atoms with van der Waals surface area (Å²) in [4.78, 5) is 25.2. The first-order chi connectivity index (χ1) is 9.63. The monoisotopic (exact) mass is 277 g/mol. The molecule has 2 N–H and O–H groups in total. The van der Waals surface area contributed by atoms with Crippen molar-refractivity contribution >= 4 is 11.9 Å². The summed E-state index contributed by atoms with van der Waals surface area (Å²) >= 11 is 0. The van der Waals surface area contributed by atoms with E-state index >= 15 is 0 Å². The summed E-state index contributed by atoms with van der Waals surface area (Å²) in [5.74, 6) is -0.314. The smallest absolute Gasteiger partial charge is 0.318 e. The first-order valence-corrected chi connectivity index (χ1v) is 6.72. The lowest BCUT2D eigenvalue weighted by Crippen LogP contribution is -2.44. The van der Waals surface area contributed by atoms with Crippen molar-refractivity contribution in [2.45, 2.75) is 31.5 Å². The lowest BCUT2D eigenvalue weighted by molar-refractivity contribution is -0.119. The third-order valence-electron chi connectivity index (χ3n) is 3.88. The van der Waals surface area contributed by atoms with Crippen LogP contribution in [0.4, 0.5) is 9.18 Å². The van der Waals surface area contributed by atoms with E-state index < -0.39 is 0 Å². The van der Waals surface area contributed by atoms with Crippen LogP contribution >= 0.6 is 0 Å². The van der Waals surface area contributed by atoms with Gasteiger partial charge >= 0.3 is 6.03 Å². The molecule has 0 aliphatic carbocycles. The Hall–Kier alpha value is -2.11. The Morgan fingerprint density at radius 1 is 1.50 bits per heavy atom. The fourth-order valence-electron chi connectivity index (χ4n) is 2.91. The zero-order valence-electron chi connectivity index (χ0n) is 10.9. The Kier molecular flexibility index (Phi) is 3.30. The summed E-state index contributed by atoms with van der Waals surface area (Å²) in [6.07, 6.45) is 1.17. The highest BCUT2D eigenvalue weighted by atomic mass is 19.1. The molecule has 0 bridgehead atoms. The van der Waals surface area contributed by atoms with Crippen LogP contribution in [0.15, 0.2) is 24.3 Å². The molecule has 2 fully saturated rings. The molecule has 3 rings (SSSR count). The lowest BCUT2D eigenvalue weighted by Gasteiger charge is -2.23. The van der Waals surface area contributed by atoms with Crippen LogP contribution in [-0.4, -0.2) is 35.5 Å².